The number of carbonyl (C=O) groups excluding carboxylic acids is 2. The van der Waals surface area contributed by atoms with Gasteiger partial charge >= 0.3 is 0 Å². The molecule has 2 heterocycles. The van der Waals surface area contributed by atoms with Crippen molar-refractivity contribution in [1.29, 1.82) is 0 Å². The number of amides is 2. The normalized spacial score (nSPS) is 14.2. The number of hydrogen-bond acceptors (Lipinski definition) is 5. The highest BCUT2D eigenvalue weighted by molar-refractivity contribution is 5.92. The SMILES string of the molecule is CC(=O)N1CCN(c2cc(C(=O)NCc3ccc(F)cc3)nc(C)n2)CC1. The molecule has 0 aliphatic carbocycles. The molecular formula is C19H22FN5O2. The lowest BCUT2D eigenvalue weighted by Gasteiger charge is -2.35. The van der Waals surface area contributed by atoms with E-state index in [4.69, 9.17) is 0 Å². The Morgan fingerprint density at radius 2 is 1.78 bits per heavy atom. The molecule has 1 fully saturated rings. The van der Waals surface area contributed by atoms with Crippen molar-refractivity contribution in [2.75, 3.05) is 31.1 Å². The summed E-state index contributed by atoms with van der Waals surface area (Å²) in [7, 11) is 0. The van der Waals surface area contributed by atoms with Gasteiger partial charge in [-0.1, -0.05) is 12.1 Å². The highest BCUT2D eigenvalue weighted by Gasteiger charge is 2.21. The molecule has 142 valence electrons. The maximum Gasteiger partial charge on any atom is 0.270 e. The van der Waals surface area contributed by atoms with Crippen molar-refractivity contribution in [2.24, 2.45) is 0 Å². The number of aryl methyl sites for hydroxylation is 1. The lowest BCUT2D eigenvalue weighted by Crippen LogP contribution is -2.48. The molecule has 1 aromatic heterocycles. The molecule has 1 aliphatic heterocycles. The molecule has 8 heteroatoms. The first-order chi connectivity index (χ1) is 12.9. The third-order valence-corrected chi connectivity index (χ3v) is 4.47. The van der Waals surface area contributed by atoms with Crippen molar-refractivity contribution in [1.82, 2.24) is 20.2 Å². The number of hydrogen-bond donors (Lipinski definition) is 1. The largest absolute Gasteiger partial charge is 0.353 e. The number of nitrogens with zero attached hydrogens (tertiary/aromatic N) is 4. The second-order valence-electron chi connectivity index (χ2n) is 6.46. The minimum atomic E-state index is -0.314. The first kappa shape index (κ1) is 18.8. The molecule has 1 N–H and O–H groups in total. The average molecular weight is 371 g/mol. The summed E-state index contributed by atoms with van der Waals surface area (Å²) in [6, 6.07) is 7.63. The van der Waals surface area contributed by atoms with Gasteiger partial charge in [0.05, 0.1) is 0 Å². The van der Waals surface area contributed by atoms with Crippen molar-refractivity contribution >= 4 is 17.6 Å². The Hall–Kier alpha value is -3.03. The van der Waals surface area contributed by atoms with Crippen LogP contribution >= 0.6 is 0 Å². The number of piperazine rings is 1. The number of benzene rings is 1. The quantitative estimate of drug-likeness (QED) is 0.882. The predicted octanol–water partition coefficient (Wildman–Crippen LogP) is 1.52. The molecule has 0 bridgehead atoms. The Labute approximate surface area is 157 Å². The van der Waals surface area contributed by atoms with Crippen LogP contribution < -0.4 is 10.2 Å². The molecule has 27 heavy (non-hydrogen) atoms. The second kappa shape index (κ2) is 8.11. The number of rotatable bonds is 4. The zero-order valence-corrected chi connectivity index (χ0v) is 15.4. The van der Waals surface area contributed by atoms with E-state index in [-0.39, 0.29) is 29.9 Å². The van der Waals surface area contributed by atoms with Crippen molar-refractivity contribution in [3.8, 4) is 0 Å². The number of nitrogens with one attached hydrogen (secondary N) is 1. The van der Waals surface area contributed by atoms with Crippen molar-refractivity contribution in [3.63, 3.8) is 0 Å². The fourth-order valence-corrected chi connectivity index (χ4v) is 2.96. The summed E-state index contributed by atoms with van der Waals surface area (Å²) in [4.78, 5) is 36.4. The Balaban J connectivity index is 1.66. The molecule has 3 rings (SSSR count). The maximum absolute atomic E-state index is 13.0. The number of carbonyl (C=O) groups is 2. The highest BCUT2D eigenvalue weighted by Crippen LogP contribution is 2.15. The summed E-state index contributed by atoms with van der Waals surface area (Å²) in [6.07, 6.45) is 0. The van der Waals surface area contributed by atoms with Gasteiger partial charge in [0.2, 0.25) is 5.91 Å². The van der Waals surface area contributed by atoms with Gasteiger partial charge in [0, 0.05) is 45.7 Å². The van der Waals surface area contributed by atoms with E-state index in [1.807, 2.05) is 4.90 Å². The van der Waals surface area contributed by atoms with Crippen LogP contribution in [0.3, 0.4) is 0 Å². The highest BCUT2D eigenvalue weighted by atomic mass is 19.1. The zero-order chi connectivity index (χ0) is 19.4. The van der Waals surface area contributed by atoms with Crippen LogP contribution in [-0.2, 0) is 11.3 Å². The molecular weight excluding hydrogens is 349 g/mol. The van der Waals surface area contributed by atoms with Crippen molar-refractivity contribution < 1.29 is 14.0 Å². The van der Waals surface area contributed by atoms with Gasteiger partial charge in [-0.2, -0.15) is 0 Å². The number of halogens is 1. The molecule has 2 amide bonds. The van der Waals surface area contributed by atoms with E-state index in [9.17, 15) is 14.0 Å². The standard InChI is InChI=1S/C19H22FN5O2/c1-13-22-17(19(27)21-12-15-3-5-16(20)6-4-15)11-18(23-13)25-9-7-24(8-10-25)14(2)26/h3-6,11H,7-10,12H2,1-2H3,(H,21,27). The van der Waals surface area contributed by atoms with Gasteiger partial charge in [0.25, 0.3) is 5.91 Å². The summed E-state index contributed by atoms with van der Waals surface area (Å²) in [6.45, 7) is 6.17. The van der Waals surface area contributed by atoms with E-state index < -0.39 is 0 Å². The average Bonchev–Trinajstić information content (AvgIpc) is 2.67. The van der Waals surface area contributed by atoms with Gasteiger partial charge in [-0.3, -0.25) is 9.59 Å². The van der Waals surface area contributed by atoms with Crippen LogP contribution in [0, 0.1) is 12.7 Å². The monoisotopic (exact) mass is 371 g/mol. The summed E-state index contributed by atoms with van der Waals surface area (Å²) in [5.41, 5.74) is 1.09. The van der Waals surface area contributed by atoms with E-state index in [2.05, 4.69) is 15.3 Å². The van der Waals surface area contributed by atoms with Crippen LogP contribution in [0.25, 0.3) is 0 Å². The summed E-state index contributed by atoms with van der Waals surface area (Å²) >= 11 is 0. The van der Waals surface area contributed by atoms with Gasteiger partial charge in [-0.15, -0.1) is 0 Å². The minimum Gasteiger partial charge on any atom is -0.353 e. The lowest BCUT2D eigenvalue weighted by molar-refractivity contribution is -0.129. The predicted molar refractivity (Wildman–Crippen MR) is 98.8 cm³/mol. The van der Waals surface area contributed by atoms with E-state index in [1.165, 1.54) is 12.1 Å². The smallest absolute Gasteiger partial charge is 0.270 e. The van der Waals surface area contributed by atoms with Crippen LogP contribution in [0.2, 0.25) is 0 Å². The maximum atomic E-state index is 13.0. The molecule has 2 aromatic rings. The van der Waals surface area contributed by atoms with Crippen LogP contribution in [0.1, 0.15) is 28.8 Å². The van der Waals surface area contributed by atoms with Crippen LogP contribution in [0.5, 0.6) is 0 Å². The Morgan fingerprint density at radius 1 is 1.11 bits per heavy atom. The van der Waals surface area contributed by atoms with Crippen molar-refractivity contribution in [3.05, 3.63) is 53.2 Å². The molecule has 1 aromatic carbocycles. The number of aromatic nitrogens is 2. The van der Waals surface area contributed by atoms with E-state index >= 15 is 0 Å². The minimum absolute atomic E-state index is 0.0642. The fraction of sp³-hybridized carbons (Fsp3) is 0.368. The first-order valence-corrected chi connectivity index (χ1v) is 8.81. The van der Waals surface area contributed by atoms with E-state index in [0.29, 0.717) is 37.8 Å². The van der Waals surface area contributed by atoms with E-state index in [0.717, 1.165) is 5.56 Å². The molecule has 1 aliphatic rings. The Morgan fingerprint density at radius 3 is 2.41 bits per heavy atom. The van der Waals surface area contributed by atoms with Gasteiger partial charge < -0.3 is 15.1 Å². The van der Waals surface area contributed by atoms with Crippen LogP contribution in [0.15, 0.2) is 30.3 Å². The van der Waals surface area contributed by atoms with Crippen LogP contribution in [0.4, 0.5) is 10.2 Å². The molecule has 0 spiro atoms. The van der Waals surface area contributed by atoms with Gasteiger partial charge in [0.1, 0.15) is 23.2 Å². The fourth-order valence-electron chi connectivity index (χ4n) is 2.96. The lowest BCUT2D eigenvalue weighted by atomic mass is 10.2. The molecule has 0 radical (unpaired) electrons. The van der Waals surface area contributed by atoms with E-state index in [1.54, 1.807) is 36.9 Å². The summed E-state index contributed by atoms with van der Waals surface area (Å²) in [5, 5.41) is 2.79. The topological polar surface area (TPSA) is 78.4 Å². The van der Waals surface area contributed by atoms with Gasteiger partial charge in [-0.05, 0) is 24.6 Å². The summed E-state index contributed by atoms with van der Waals surface area (Å²) in [5.74, 6) is 0.625. The third kappa shape index (κ3) is 4.78. The summed E-state index contributed by atoms with van der Waals surface area (Å²) < 4.78 is 13.0. The molecule has 0 unspecified atom stereocenters. The molecule has 0 saturated carbocycles. The van der Waals surface area contributed by atoms with Crippen LogP contribution in [-0.4, -0.2) is 52.9 Å². The zero-order valence-electron chi connectivity index (χ0n) is 15.4. The third-order valence-electron chi connectivity index (χ3n) is 4.47. The molecule has 1 saturated heterocycles. The molecule has 7 nitrogen and oxygen atoms in total. The van der Waals surface area contributed by atoms with Crippen molar-refractivity contribution in [2.45, 2.75) is 20.4 Å². The molecule has 0 atom stereocenters. The number of anilines is 1. The Kier molecular flexibility index (Phi) is 5.63. The first-order valence-electron chi connectivity index (χ1n) is 8.81. The van der Waals surface area contributed by atoms with Gasteiger partial charge in [-0.25, -0.2) is 14.4 Å². The Bertz CT molecular complexity index is 832. The second-order valence-corrected chi connectivity index (χ2v) is 6.46. The van der Waals surface area contributed by atoms with Gasteiger partial charge in [0.15, 0.2) is 0 Å².